The first-order valence-corrected chi connectivity index (χ1v) is 14.7. The molecular weight excluding hydrogens is 572 g/mol. The molecule has 1 fully saturated rings. The van der Waals surface area contributed by atoms with Crippen LogP contribution in [0.1, 0.15) is 32.8 Å². The Morgan fingerprint density at radius 1 is 0.911 bits per heavy atom. The molecule has 8 rings (SSSR count). The molecule has 6 bridgehead atoms. The molecule has 3 N–H and O–H groups in total. The number of carbonyl (C=O) groups is 3. The first-order valence-electron chi connectivity index (χ1n) is 14.7. The summed E-state index contributed by atoms with van der Waals surface area (Å²) in [6.45, 7) is 0.890. The van der Waals surface area contributed by atoms with Gasteiger partial charge >= 0.3 is 0 Å². The van der Waals surface area contributed by atoms with E-state index in [1.807, 2.05) is 48.5 Å². The Balaban J connectivity index is 1.19. The van der Waals surface area contributed by atoms with Crippen molar-refractivity contribution in [3.8, 4) is 22.6 Å². The van der Waals surface area contributed by atoms with Crippen LogP contribution in [0.2, 0.25) is 0 Å². The van der Waals surface area contributed by atoms with Crippen LogP contribution in [0.5, 0.6) is 11.5 Å². The summed E-state index contributed by atoms with van der Waals surface area (Å²) in [5.74, 6) is 0.387. The molecule has 0 radical (unpaired) electrons. The second-order valence-electron chi connectivity index (χ2n) is 11.1. The van der Waals surface area contributed by atoms with E-state index in [1.165, 1.54) is 6.20 Å². The van der Waals surface area contributed by atoms with Crippen molar-refractivity contribution in [2.45, 2.75) is 25.1 Å². The van der Waals surface area contributed by atoms with Crippen LogP contribution in [-0.4, -0.2) is 69.4 Å². The number of nitrogens with zero attached hydrogens (tertiary/aromatic N) is 3. The van der Waals surface area contributed by atoms with Crippen LogP contribution in [0.15, 0.2) is 91.4 Å². The molecule has 11 nitrogen and oxygen atoms in total. The number of rotatable bonds is 1. The minimum absolute atomic E-state index is 0.134. The second-order valence-corrected chi connectivity index (χ2v) is 11.1. The second kappa shape index (κ2) is 12.1. The van der Waals surface area contributed by atoms with Gasteiger partial charge in [0.05, 0.1) is 11.6 Å². The molecule has 1 saturated heterocycles. The fourth-order valence-electron chi connectivity index (χ4n) is 5.64. The number of nitrogens with one attached hydrogen (secondary N) is 3. The van der Waals surface area contributed by atoms with Crippen molar-refractivity contribution in [2.75, 3.05) is 19.7 Å². The first kappa shape index (κ1) is 28.1. The average Bonchev–Trinajstić information content (AvgIpc) is 3.52. The summed E-state index contributed by atoms with van der Waals surface area (Å²) in [7, 11) is 0. The average molecular weight is 603 g/mol. The maximum atomic E-state index is 13.7. The van der Waals surface area contributed by atoms with Gasteiger partial charge in [-0.1, -0.05) is 24.3 Å². The van der Waals surface area contributed by atoms with E-state index in [0.29, 0.717) is 53.5 Å². The lowest BCUT2D eigenvalue weighted by Gasteiger charge is -2.38. The zero-order chi connectivity index (χ0) is 30.8. The van der Waals surface area contributed by atoms with Gasteiger partial charge in [0.2, 0.25) is 0 Å². The van der Waals surface area contributed by atoms with Crippen LogP contribution in [0.25, 0.3) is 22.2 Å². The van der Waals surface area contributed by atoms with Crippen LogP contribution in [0.4, 0.5) is 0 Å². The monoisotopic (exact) mass is 602 g/mol. The van der Waals surface area contributed by atoms with Crippen LogP contribution in [0, 0.1) is 0 Å². The zero-order valence-electron chi connectivity index (χ0n) is 24.2. The number of aromatic nitrogens is 3. The molecule has 3 aliphatic rings. The SMILES string of the molecule is O=C1COc2cccc(c2)-c2cncc(c2)C(=O)N[C@@H]2CN(C(=O)c3cc4cccnc4[nH]3)CC[C@@H]2Oc2ccc(cc2)CN1. The Bertz CT molecular complexity index is 1850. The van der Waals surface area contributed by atoms with Crippen molar-refractivity contribution in [3.63, 3.8) is 0 Å². The van der Waals surface area contributed by atoms with Gasteiger partial charge in [-0.25, -0.2) is 4.98 Å². The summed E-state index contributed by atoms with van der Waals surface area (Å²) in [6.07, 6.45) is 4.95. The summed E-state index contributed by atoms with van der Waals surface area (Å²) in [5, 5.41) is 6.85. The van der Waals surface area contributed by atoms with E-state index in [2.05, 4.69) is 25.6 Å². The molecule has 3 aliphatic heterocycles. The van der Waals surface area contributed by atoms with Gasteiger partial charge in [-0.15, -0.1) is 0 Å². The molecule has 0 spiro atoms. The third kappa shape index (κ3) is 6.19. The molecule has 0 aliphatic carbocycles. The maximum Gasteiger partial charge on any atom is 0.270 e. The lowest BCUT2D eigenvalue weighted by Crippen LogP contribution is -2.58. The number of benzene rings is 2. The lowest BCUT2D eigenvalue weighted by atomic mass is 10.00. The molecule has 226 valence electrons. The molecule has 5 aromatic rings. The number of aromatic amines is 1. The zero-order valence-corrected chi connectivity index (χ0v) is 24.2. The number of H-pyrrole nitrogens is 1. The van der Waals surface area contributed by atoms with E-state index in [4.69, 9.17) is 9.47 Å². The van der Waals surface area contributed by atoms with Crippen LogP contribution < -0.4 is 20.1 Å². The Labute approximate surface area is 258 Å². The Kier molecular flexibility index (Phi) is 7.56. The van der Waals surface area contributed by atoms with Gasteiger partial charge in [-0.05, 0) is 59.7 Å². The molecular formula is C34H30N6O5. The van der Waals surface area contributed by atoms with Gasteiger partial charge in [0.1, 0.15) is 28.9 Å². The number of carbonyl (C=O) groups excluding carboxylic acids is 3. The summed E-state index contributed by atoms with van der Waals surface area (Å²) >= 11 is 0. The smallest absolute Gasteiger partial charge is 0.270 e. The highest BCUT2D eigenvalue weighted by Crippen LogP contribution is 2.26. The molecule has 3 aromatic heterocycles. The highest BCUT2D eigenvalue weighted by atomic mass is 16.5. The summed E-state index contributed by atoms with van der Waals surface area (Å²) in [4.78, 5) is 53.2. The summed E-state index contributed by atoms with van der Waals surface area (Å²) in [5.41, 5.74) is 3.84. The Morgan fingerprint density at radius 3 is 2.64 bits per heavy atom. The van der Waals surface area contributed by atoms with Gasteiger partial charge in [-0.3, -0.25) is 19.4 Å². The standard InChI is InChI=1S/C34H30N6O5/c41-31-20-44-27-5-1-3-22(14-27)24-13-25(18-35-17-24)33(42)39-29-19-40(34(43)28-15-23-4-2-11-36-32(23)38-28)12-10-30(29)45-26-8-6-21(7-9-26)16-37-31/h1-9,11,13-15,17-18,29-30H,10,12,16,19-20H2,(H,36,38)(H,37,41)(H,39,42)/t29-,30+/m1/s1. The number of piperidine rings is 1. The minimum Gasteiger partial charge on any atom is -0.488 e. The van der Waals surface area contributed by atoms with Crippen LogP contribution >= 0.6 is 0 Å². The van der Waals surface area contributed by atoms with Crippen molar-refractivity contribution in [1.82, 2.24) is 30.5 Å². The van der Waals surface area contributed by atoms with Crippen molar-refractivity contribution >= 4 is 28.8 Å². The number of likely N-dealkylation sites (tertiary alicyclic amines) is 1. The number of hydrogen-bond donors (Lipinski definition) is 3. The number of amides is 3. The Hall–Kier alpha value is -5.71. The number of ether oxygens (including phenoxy) is 2. The number of pyridine rings is 2. The van der Waals surface area contributed by atoms with Crippen molar-refractivity contribution < 1.29 is 23.9 Å². The molecule has 45 heavy (non-hydrogen) atoms. The molecule has 2 atom stereocenters. The third-order valence-corrected chi connectivity index (χ3v) is 8.01. The molecule has 11 heteroatoms. The summed E-state index contributed by atoms with van der Waals surface area (Å²) in [6, 6.07) is 21.5. The molecule has 0 unspecified atom stereocenters. The molecule has 0 saturated carbocycles. The van der Waals surface area contributed by atoms with Gasteiger partial charge in [0.15, 0.2) is 6.61 Å². The highest BCUT2D eigenvalue weighted by Gasteiger charge is 2.35. The maximum absolute atomic E-state index is 13.7. The Morgan fingerprint density at radius 2 is 1.78 bits per heavy atom. The quantitative estimate of drug-likeness (QED) is 0.266. The number of hydrogen-bond acceptors (Lipinski definition) is 7. The normalized spacial score (nSPS) is 18.6. The van der Waals surface area contributed by atoms with Gasteiger partial charge in [0, 0.05) is 55.6 Å². The fourth-order valence-corrected chi connectivity index (χ4v) is 5.64. The minimum atomic E-state index is -0.511. The van der Waals surface area contributed by atoms with E-state index in [0.717, 1.165) is 16.5 Å². The predicted molar refractivity (Wildman–Crippen MR) is 166 cm³/mol. The lowest BCUT2D eigenvalue weighted by molar-refractivity contribution is -0.123. The van der Waals surface area contributed by atoms with Gasteiger partial charge in [-0.2, -0.15) is 0 Å². The number of fused-ring (bicyclic) bond motifs is 8. The van der Waals surface area contributed by atoms with E-state index >= 15 is 0 Å². The predicted octanol–water partition coefficient (Wildman–Crippen LogP) is 3.73. The largest absolute Gasteiger partial charge is 0.488 e. The summed E-state index contributed by atoms with van der Waals surface area (Å²) < 4.78 is 12.1. The first-order chi connectivity index (χ1) is 22.0. The fraction of sp³-hybridized carbons (Fsp3) is 0.206. The van der Waals surface area contributed by atoms with Crippen molar-refractivity contribution in [2.24, 2.45) is 0 Å². The highest BCUT2D eigenvalue weighted by molar-refractivity contribution is 5.98. The van der Waals surface area contributed by atoms with E-state index in [-0.39, 0.29) is 30.9 Å². The topological polar surface area (TPSA) is 139 Å². The van der Waals surface area contributed by atoms with E-state index in [1.54, 1.807) is 41.6 Å². The molecule has 2 aromatic carbocycles. The van der Waals surface area contributed by atoms with Crippen molar-refractivity contribution in [1.29, 1.82) is 0 Å². The van der Waals surface area contributed by atoms with Crippen LogP contribution in [-0.2, 0) is 11.3 Å². The van der Waals surface area contributed by atoms with Crippen molar-refractivity contribution in [3.05, 3.63) is 108 Å². The molecule has 3 amide bonds. The van der Waals surface area contributed by atoms with E-state index in [9.17, 15) is 14.4 Å². The van der Waals surface area contributed by atoms with Crippen LogP contribution in [0.3, 0.4) is 0 Å². The molecule has 6 heterocycles. The third-order valence-electron chi connectivity index (χ3n) is 8.01. The van der Waals surface area contributed by atoms with E-state index < -0.39 is 12.1 Å². The van der Waals surface area contributed by atoms with Gasteiger partial charge < -0.3 is 30.0 Å². The van der Waals surface area contributed by atoms with Gasteiger partial charge in [0.25, 0.3) is 17.7 Å².